The van der Waals surface area contributed by atoms with E-state index in [1.807, 2.05) is 24.3 Å². The fourth-order valence-electron chi connectivity index (χ4n) is 2.42. The predicted octanol–water partition coefficient (Wildman–Crippen LogP) is 1.47. The summed E-state index contributed by atoms with van der Waals surface area (Å²) in [7, 11) is 0. The molecular weight excluding hydrogens is 352 g/mol. The molecule has 1 heterocycles. The number of carboxylic acid groups (broad SMARTS) is 1. The number of aromatic nitrogens is 1. The summed E-state index contributed by atoms with van der Waals surface area (Å²) in [4.78, 5) is 26.6. The van der Waals surface area contributed by atoms with Crippen molar-refractivity contribution in [2.24, 2.45) is 0 Å². The van der Waals surface area contributed by atoms with Gasteiger partial charge >= 0.3 is 0 Å². The fourth-order valence-corrected chi connectivity index (χ4v) is 3.22. The zero-order valence-electron chi connectivity index (χ0n) is 15.2. The van der Waals surface area contributed by atoms with Gasteiger partial charge in [0.1, 0.15) is 17.4 Å². The summed E-state index contributed by atoms with van der Waals surface area (Å²) in [5, 5.41) is 15.5. The number of aliphatic carboxylic acids is 1. The number of amides is 1. The van der Waals surface area contributed by atoms with Gasteiger partial charge < -0.3 is 20.0 Å². The number of para-hydroxylation sites is 1. The van der Waals surface area contributed by atoms with Gasteiger partial charge in [-0.3, -0.25) is 4.79 Å². The van der Waals surface area contributed by atoms with Crippen molar-refractivity contribution in [2.45, 2.75) is 39.0 Å². The lowest BCUT2D eigenvalue weighted by atomic mass is 9.86. The van der Waals surface area contributed by atoms with Crippen LogP contribution in [0.5, 0.6) is 5.75 Å². The molecule has 2 rings (SSSR count). The molecule has 0 spiro atoms. The number of carboxylic acids is 1. The Morgan fingerprint density at radius 2 is 1.96 bits per heavy atom. The third kappa shape index (κ3) is 6.15. The van der Waals surface area contributed by atoms with E-state index in [1.165, 1.54) is 11.3 Å². The van der Waals surface area contributed by atoms with Crippen LogP contribution >= 0.6 is 11.3 Å². The molecule has 0 atom stereocenters. The molecule has 0 aliphatic carbocycles. The van der Waals surface area contributed by atoms with Crippen LogP contribution in [-0.4, -0.2) is 30.0 Å². The lowest BCUT2D eigenvalue weighted by Crippen LogP contribution is -2.29. The lowest BCUT2D eigenvalue weighted by Gasteiger charge is -2.22. The van der Waals surface area contributed by atoms with Gasteiger partial charge in [0.2, 0.25) is 5.91 Å². The minimum Gasteiger partial charge on any atom is -0.550 e. The SMILES string of the molecule is CC(C)(C)c1ccccc1OCCNC(=O)Cc1nc(CC(=O)[O-])cs1. The van der Waals surface area contributed by atoms with Crippen LogP contribution in [0, 0.1) is 0 Å². The Morgan fingerprint density at radius 1 is 1.23 bits per heavy atom. The summed E-state index contributed by atoms with van der Waals surface area (Å²) >= 11 is 1.27. The highest BCUT2D eigenvalue weighted by atomic mass is 32.1. The topological polar surface area (TPSA) is 91.3 Å². The van der Waals surface area contributed by atoms with Crippen LogP contribution < -0.4 is 15.2 Å². The minimum absolute atomic E-state index is 0.0200. The first-order chi connectivity index (χ1) is 12.3. The lowest BCUT2D eigenvalue weighted by molar-refractivity contribution is -0.304. The van der Waals surface area contributed by atoms with Crippen molar-refractivity contribution in [2.75, 3.05) is 13.2 Å². The second kappa shape index (κ2) is 8.80. The molecule has 0 radical (unpaired) electrons. The van der Waals surface area contributed by atoms with Crippen molar-refractivity contribution in [3.05, 3.63) is 45.9 Å². The summed E-state index contributed by atoms with van der Waals surface area (Å²) < 4.78 is 5.81. The molecule has 7 heteroatoms. The van der Waals surface area contributed by atoms with Crippen LogP contribution in [0.2, 0.25) is 0 Å². The maximum absolute atomic E-state index is 12.0. The number of carbonyl (C=O) groups excluding carboxylic acids is 2. The maximum atomic E-state index is 12.0. The quantitative estimate of drug-likeness (QED) is 0.706. The summed E-state index contributed by atoms with van der Waals surface area (Å²) in [6.45, 7) is 7.13. The van der Waals surface area contributed by atoms with Gasteiger partial charge in [-0.05, 0) is 17.0 Å². The highest BCUT2D eigenvalue weighted by molar-refractivity contribution is 7.09. The second-order valence-electron chi connectivity index (χ2n) is 6.90. The minimum atomic E-state index is -1.18. The van der Waals surface area contributed by atoms with Crippen LogP contribution in [0.3, 0.4) is 0 Å². The molecule has 1 aromatic heterocycles. The zero-order valence-corrected chi connectivity index (χ0v) is 16.0. The highest BCUT2D eigenvalue weighted by Crippen LogP contribution is 2.30. The highest BCUT2D eigenvalue weighted by Gasteiger charge is 2.18. The normalized spacial score (nSPS) is 11.2. The Kier molecular flexibility index (Phi) is 6.74. The van der Waals surface area contributed by atoms with Gasteiger partial charge in [-0.2, -0.15) is 0 Å². The molecule has 0 saturated heterocycles. The number of ether oxygens (including phenoxy) is 1. The number of benzene rings is 1. The molecule has 26 heavy (non-hydrogen) atoms. The van der Waals surface area contributed by atoms with E-state index in [-0.39, 0.29) is 24.2 Å². The van der Waals surface area contributed by atoms with E-state index in [9.17, 15) is 14.7 Å². The third-order valence-electron chi connectivity index (χ3n) is 3.61. The fraction of sp³-hybridized carbons (Fsp3) is 0.421. The van der Waals surface area contributed by atoms with Crippen molar-refractivity contribution in [1.29, 1.82) is 0 Å². The van der Waals surface area contributed by atoms with Crippen LogP contribution in [0.4, 0.5) is 0 Å². The van der Waals surface area contributed by atoms with Gasteiger partial charge in [0.15, 0.2) is 0 Å². The molecule has 0 aliphatic heterocycles. The third-order valence-corrected chi connectivity index (χ3v) is 4.51. The van der Waals surface area contributed by atoms with Crippen LogP contribution in [-0.2, 0) is 27.8 Å². The van der Waals surface area contributed by atoms with Crippen molar-refractivity contribution in [1.82, 2.24) is 10.3 Å². The molecule has 0 fully saturated rings. The van der Waals surface area contributed by atoms with Crippen LogP contribution in [0.25, 0.3) is 0 Å². The molecule has 0 bridgehead atoms. The van der Waals surface area contributed by atoms with E-state index in [0.717, 1.165) is 11.3 Å². The largest absolute Gasteiger partial charge is 0.550 e. The molecular formula is C19H23N2O4S-. The first-order valence-corrected chi connectivity index (χ1v) is 9.26. The Labute approximate surface area is 157 Å². The van der Waals surface area contributed by atoms with Crippen molar-refractivity contribution in [3.63, 3.8) is 0 Å². The molecule has 0 unspecified atom stereocenters. The first kappa shape index (κ1) is 19.9. The van der Waals surface area contributed by atoms with E-state index in [0.29, 0.717) is 23.9 Å². The Balaban J connectivity index is 1.77. The molecule has 0 aliphatic rings. The first-order valence-electron chi connectivity index (χ1n) is 8.38. The number of hydrogen-bond donors (Lipinski definition) is 1. The van der Waals surface area contributed by atoms with E-state index < -0.39 is 5.97 Å². The Morgan fingerprint density at radius 3 is 2.65 bits per heavy atom. The predicted molar refractivity (Wildman–Crippen MR) is 98.2 cm³/mol. The van der Waals surface area contributed by atoms with E-state index in [4.69, 9.17) is 4.74 Å². The molecule has 140 valence electrons. The monoisotopic (exact) mass is 375 g/mol. The molecule has 6 nitrogen and oxygen atoms in total. The van der Waals surface area contributed by atoms with Crippen LogP contribution in [0.1, 0.15) is 37.0 Å². The molecule has 1 aromatic carbocycles. The Bertz CT molecular complexity index is 765. The summed E-state index contributed by atoms with van der Waals surface area (Å²) in [5.41, 5.74) is 1.52. The molecule has 0 saturated carbocycles. The van der Waals surface area contributed by atoms with Crippen molar-refractivity contribution in [3.8, 4) is 5.75 Å². The number of nitrogens with one attached hydrogen (secondary N) is 1. The zero-order chi connectivity index (χ0) is 19.2. The molecule has 1 amide bonds. The van der Waals surface area contributed by atoms with E-state index >= 15 is 0 Å². The van der Waals surface area contributed by atoms with Gasteiger partial charge in [-0.15, -0.1) is 11.3 Å². The second-order valence-corrected chi connectivity index (χ2v) is 7.85. The summed E-state index contributed by atoms with van der Waals surface area (Å²) in [5.74, 6) is -0.535. The number of thiazole rings is 1. The Hall–Kier alpha value is -2.41. The van der Waals surface area contributed by atoms with Gasteiger partial charge in [0, 0.05) is 17.8 Å². The maximum Gasteiger partial charge on any atom is 0.226 e. The van der Waals surface area contributed by atoms with Gasteiger partial charge in [-0.1, -0.05) is 39.0 Å². The molecule has 1 N–H and O–H groups in total. The van der Waals surface area contributed by atoms with Crippen molar-refractivity contribution >= 4 is 23.2 Å². The number of carbonyl (C=O) groups is 2. The smallest absolute Gasteiger partial charge is 0.226 e. The van der Waals surface area contributed by atoms with Gasteiger partial charge in [0.05, 0.1) is 18.7 Å². The number of nitrogens with zero attached hydrogens (tertiary/aromatic N) is 1. The van der Waals surface area contributed by atoms with E-state index in [2.05, 4.69) is 31.1 Å². The average molecular weight is 375 g/mol. The van der Waals surface area contributed by atoms with E-state index in [1.54, 1.807) is 5.38 Å². The van der Waals surface area contributed by atoms with Gasteiger partial charge in [0.25, 0.3) is 0 Å². The van der Waals surface area contributed by atoms with Crippen LogP contribution in [0.15, 0.2) is 29.6 Å². The van der Waals surface area contributed by atoms with Gasteiger partial charge in [-0.25, -0.2) is 4.98 Å². The molecule has 2 aromatic rings. The summed E-state index contributed by atoms with van der Waals surface area (Å²) in [6.07, 6.45) is -0.116. The summed E-state index contributed by atoms with van der Waals surface area (Å²) in [6, 6.07) is 7.88. The number of hydrogen-bond acceptors (Lipinski definition) is 6. The standard InChI is InChI=1S/C19H24N2O4S/c1-19(2,3)14-6-4-5-7-15(14)25-9-8-20-16(22)11-17-21-13(12-26-17)10-18(23)24/h4-7,12H,8-11H2,1-3H3,(H,20,22)(H,23,24)/p-1. The average Bonchev–Trinajstić information content (AvgIpc) is 2.97. The van der Waals surface area contributed by atoms with Crippen molar-refractivity contribution < 1.29 is 19.4 Å². The number of rotatable bonds is 8.